The van der Waals surface area contributed by atoms with E-state index in [9.17, 15) is 0 Å². The molecule has 1 aromatic carbocycles. The predicted molar refractivity (Wildman–Crippen MR) is 84.2 cm³/mol. The highest BCUT2D eigenvalue weighted by atomic mass is 15.5. The molecule has 5 nitrogen and oxygen atoms in total. The maximum Gasteiger partial charge on any atom is 0.170 e. The molecule has 0 amide bonds. The lowest BCUT2D eigenvalue weighted by atomic mass is 10.1. The molecule has 0 radical (unpaired) electrons. The summed E-state index contributed by atoms with van der Waals surface area (Å²) in [6, 6.07) is 10.6. The van der Waals surface area contributed by atoms with Crippen LogP contribution < -0.4 is 5.32 Å². The summed E-state index contributed by atoms with van der Waals surface area (Å²) >= 11 is 0. The van der Waals surface area contributed by atoms with Crippen molar-refractivity contribution >= 4 is 0 Å². The van der Waals surface area contributed by atoms with E-state index in [0.29, 0.717) is 12.6 Å². The van der Waals surface area contributed by atoms with Gasteiger partial charge >= 0.3 is 0 Å². The molecular weight excluding hydrogens is 262 g/mol. The molecule has 114 valence electrons. The van der Waals surface area contributed by atoms with Gasteiger partial charge in [-0.2, -0.15) is 4.68 Å². The summed E-state index contributed by atoms with van der Waals surface area (Å²) in [5, 5.41) is 15.6. The van der Waals surface area contributed by atoms with Crippen LogP contribution in [0.25, 0.3) is 5.69 Å². The molecule has 0 aliphatic rings. The zero-order valence-corrected chi connectivity index (χ0v) is 13.0. The van der Waals surface area contributed by atoms with Crippen LogP contribution in [0.15, 0.2) is 30.3 Å². The SMILES string of the molecule is CCCCC(CCC)NCc1nnnn1-c1ccccc1. The van der Waals surface area contributed by atoms with Gasteiger partial charge in [-0.1, -0.05) is 51.3 Å². The molecule has 0 aliphatic carbocycles. The average Bonchev–Trinajstić information content (AvgIpc) is 2.99. The minimum atomic E-state index is 0.552. The molecule has 0 spiro atoms. The van der Waals surface area contributed by atoms with E-state index in [2.05, 4.69) is 34.7 Å². The first-order chi connectivity index (χ1) is 10.3. The van der Waals surface area contributed by atoms with Gasteiger partial charge in [0.25, 0.3) is 0 Å². The van der Waals surface area contributed by atoms with Crippen LogP contribution in [0, 0.1) is 0 Å². The zero-order chi connectivity index (χ0) is 14.9. The van der Waals surface area contributed by atoms with Gasteiger partial charge in [0.15, 0.2) is 5.82 Å². The summed E-state index contributed by atoms with van der Waals surface area (Å²) in [6.45, 7) is 5.17. The lowest BCUT2D eigenvalue weighted by Gasteiger charge is -2.17. The maximum atomic E-state index is 4.14. The Labute approximate surface area is 126 Å². The van der Waals surface area contributed by atoms with Crippen molar-refractivity contribution in [1.82, 2.24) is 25.5 Å². The Morgan fingerprint density at radius 3 is 2.62 bits per heavy atom. The number of rotatable bonds is 9. The molecule has 5 heteroatoms. The Morgan fingerprint density at radius 1 is 1.10 bits per heavy atom. The molecule has 2 rings (SSSR count). The van der Waals surface area contributed by atoms with Crippen molar-refractivity contribution in [2.24, 2.45) is 0 Å². The summed E-state index contributed by atoms with van der Waals surface area (Å²) in [6.07, 6.45) is 6.13. The normalized spacial score (nSPS) is 12.5. The molecule has 0 saturated heterocycles. The van der Waals surface area contributed by atoms with E-state index in [0.717, 1.165) is 11.5 Å². The van der Waals surface area contributed by atoms with Crippen molar-refractivity contribution < 1.29 is 0 Å². The molecule has 0 bridgehead atoms. The summed E-state index contributed by atoms with van der Waals surface area (Å²) in [4.78, 5) is 0. The number of nitrogens with zero attached hydrogens (tertiary/aromatic N) is 4. The van der Waals surface area contributed by atoms with Crippen molar-refractivity contribution in [1.29, 1.82) is 0 Å². The summed E-state index contributed by atoms with van der Waals surface area (Å²) in [5.41, 5.74) is 1.000. The van der Waals surface area contributed by atoms with Gasteiger partial charge in [-0.05, 0) is 35.4 Å². The van der Waals surface area contributed by atoms with Crippen LogP contribution in [-0.4, -0.2) is 26.2 Å². The molecule has 2 aromatic rings. The van der Waals surface area contributed by atoms with Gasteiger partial charge < -0.3 is 5.32 Å². The fraction of sp³-hybridized carbons (Fsp3) is 0.562. The van der Waals surface area contributed by atoms with Crippen LogP contribution in [-0.2, 0) is 6.54 Å². The van der Waals surface area contributed by atoms with Crippen molar-refractivity contribution in [3.63, 3.8) is 0 Å². The molecule has 1 heterocycles. The Kier molecular flexibility index (Phi) is 6.34. The van der Waals surface area contributed by atoms with Gasteiger partial charge in [0, 0.05) is 6.04 Å². The third-order valence-electron chi connectivity index (χ3n) is 3.63. The minimum absolute atomic E-state index is 0.552. The first-order valence-electron chi connectivity index (χ1n) is 7.91. The summed E-state index contributed by atoms with van der Waals surface area (Å²) < 4.78 is 1.80. The second-order valence-electron chi connectivity index (χ2n) is 5.35. The van der Waals surface area contributed by atoms with Gasteiger partial charge in [0.2, 0.25) is 0 Å². The molecular formula is C16H25N5. The van der Waals surface area contributed by atoms with Gasteiger partial charge in [0.05, 0.1) is 12.2 Å². The molecule has 1 unspecified atom stereocenters. The van der Waals surface area contributed by atoms with E-state index >= 15 is 0 Å². The molecule has 0 fully saturated rings. The largest absolute Gasteiger partial charge is 0.307 e. The molecule has 1 atom stereocenters. The van der Waals surface area contributed by atoms with Crippen LogP contribution >= 0.6 is 0 Å². The first kappa shape index (κ1) is 15.6. The third-order valence-corrected chi connectivity index (χ3v) is 3.63. The lowest BCUT2D eigenvalue weighted by molar-refractivity contribution is 0.426. The van der Waals surface area contributed by atoms with E-state index in [4.69, 9.17) is 0 Å². The molecule has 0 saturated carbocycles. The number of hydrogen-bond acceptors (Lipinski definition) is 4. The standard InChI is InChI=1S/C16H25N5/c1-3-5-10-14(9-4-2)17-13-16-18-19-20-21(16)15-11-7-6-8-12-15/h6-8,11-12,14,17H,3-5,9-10,13H2,1-2H3. The number of nitrogens with one attached hydrogen (secondary N) is 1. The number of tetrazole rings is 1. The van der Waals surface area contributed by atoms with E-state index < -0.39 is 0 Å². The van der Waals surface area contributed by atoms with E-state index in [-0.39, 0.29) is 0 Å². The van der Waals surface area contributed by atoms with E-state index in [1.807, 2.05) is 30.3 Å². The van der Waals surface area contributed by atoms with Crippen LogP contribution in [0.5, 0.6) is 0 Å². The Bertz CT molecular complexity index is 508. The van der Waals surface area contributed by atoms with Crippen LogP contribution in [0.2, 0.25) is 0 Å². The van der Waals surface area contributed by atoms with Crippen LogP contribution in [0.1, 0.15) is 51.8 Å². The van der Waals surface area contributed by atoms with Crippen LogP contribution in [0.3, 0.4) is 0 Å². The second kappa shape index (κ2) is 8.52. The van der Waals surface area contributed by atoms with Gasteiger partial charge in [0.1, 0.15) is 0 Å². The minimum Gasteiger partial charge on any atom is -0.307 e. The first-order valence-corrected chi connectivity index (χ1v) is 7.91. The number of unbranched alkanes of at least 4 members (excludes halogenated alkanes) is 1. The predicted octanol–water partition coefficient (Wildman–Crippen LogP) is 3.11. The van der Waals surface area contributed by atoms with Crippen molar-refractivity contribution in [3.05, 3.63) is 36.2 Å². The Hall–Kier alpha value is -1.75. The highest BCUT2D eigenvalue weighted by Crippen LogP contribution is 2.10. The third kappa shape index (κ3) is 4.63. The quantitative estimate of drug-likeness (QED) is 0.770. The van der Waals surface area contributed by atoms with Crippen molar-refractivity contribution in [2.75, 3.05) is 0 Å². The Balaban J connectivity index is 1.98. The lowest BCUT2D eigenvalue weighted by Crippen LogP contribution is -2.29. The monoisotopic (exact) mass is 287 g/mol. The maximum absolute atomic E-state index is 4.14. The number of hydrogen-bond donors (Lipinski definition) is 1. The topological polar surface area (TPSA) is 55.6 Å². The van der Waals surface area contributed by atoms with Gasteiger partial charge in [-0.25, -0.2) is 0 Å². The van der Waals surface area contributed by atoms with Crippen molar-refractivity contribution in [3.8, 4) is 5.69 Å². The van der Waals surface area contributed by atoms with E-state index in [1.54, 1.807) is 4.68 Å². The zero-order valence-electron chi connectivity index (χ0n) is 13.0. The fourth-order valence-electron chi connectivity index (χ4n) is 2.47. The number of aromatic nitrogens is 4. The highest BCUT2D eigenvalue weighted by molar-refractivity contribution is 5.30. The number of para-hydroxylation sites is 1. The summed E-state index contributed by atoms with van der Waals surface area (Å²) in [7, 11) is 0. The van der Waals surface area contributed by atoms with Crippen LogP contribution in [0.4, 0.5) is 0 Å². The highest BCUT2D eigenvalue weighted by Gasteiger charge is 2.11. The van der Waals surface area contributed by atoms with Gasteiger partial charge in [-0.15, -0.1) is 5.10 Å². The average molecular weight is 287 g/mol. The van der Waals surface area contributed by atoms with E-state index in [1.165, 1.54) is 32.1 Å². The molecule has 0 aliphatic heterocycles. The molecule has 1 N–H and O–H groups in total. The van der Waals surface area contributed by atoms with Crippen molar-refractivity contribution in [2.45, 2.75) is 58.5 Å². The second-order valence-corrected chi connectivity index (χ2v) is 5.35. The fourth-order valence-corrected chi connectivity index (χ4v) is 2.47. The molecule has 21 heavy (non-hydrogen) atoms. The molecule has 1 aromatic heterocycles. The number of benzene rings is 1. The van der Waals surface area contributed by atoms with Gasteiger partial charge in [-0.3, -0.25) is 0 Å². The smallest absolute Gasteiger partial charge is 0.170 e. The Morgan fingerprint density at radius 2 is 1.90 bits per heavy atom. The summed E-state index contributed by atoms with van der Waals surface area (Å²) in [5.74, 6) is 0.860.